The quantitative estimate of drug-likeness (QED) is 0.503. The summed E-state index contributed by atoms with van der Waals surface area (Å²) in [5, 5.41) is 0. The summed E-state index contributed by atoms with van der Waals surface area (Å²) in [6.07, 6.45) is 3.51. The summed E-state index contributed by atoms with van der Waals surface area (Å²) < 4.78 is 0. The smallest absolute Gasteiger partial charge is 0.191 e. The Bertz CT molecular complexity index is 392. The van der Waals surface area contributed by atoms with Crippen LogP contribution in [0.1, 0.15) is 25.3 Å². The Morgan fingerprint density at radius 2 is 2.11 bits per heavy atom. The first-order valence-electron chi connectivity index (χ1n) is 6.84. The average molecular weight is 373 g/mol. The maximum atomic E-state index is 6.05. The van der Waals surface area contributed by atoms with Crippen molar-refractivity contribution in [2.45, 2.75) is 26.2 Å². The first-order valence-corrected chi connectivity index (χ1v) is 6.84. The Morgan fingerprint density at radius 1 is 1.37 bits per heavy atom. The first-order chi connectivity index (χ1) is 8.75. The highest BCUT2D eigenvalue weighted by Crippen LogP contribution is 2.14. The van der Waals surface area contributed by atoms with Crippen LogP contribution in [-0.2, 0) is 6.42 Å². The van der Waals surface area contributed by atoms with Crippen LogP contribution in [0.3, 0.4) is 0 Å². The maximum absolute atomic E-state index is 6.05. The molecule has 4 heteroatoms. The van der Waals surface area contributed by atoms with Crippen molar-refractivity contribution in [2.75, 3.05) is 19.6 Å². The van der Waals surface area contributed by atoms with E-state index in [-0.39, 0.29) is 24.0 Å². The average Bonchev–Trinajstić information content (AvgIpc) is 2.40. The van der Waals surface area contributed by atoms with E-state index >= 15 is 0 Å². The van der Waals surface area contributed by atoms with Crippen molar-refractivity contribution >= 4 is 29.9 Å². The lowest BCUT2D eigenvalue weighted by molar-refractivity contribution is 0.270. The molecule has 0 aliphatic carbocycles. The zero-order valence-corrected chi connectivity index (χ0v) is 13.9. The SMILES string of the molecule is CC1CCCN(C(N)=NCCc2ccccc2)C1.I. The van der Waals surface area contributed by atoms with Crippen LogP contribution in [-0.4, -0.2) is 30.5 Å². The normalized spacial score (nSPS) is 19.9. The van der Waals surface area contributed by atoms with Gasteiger partial charge in [-0.1, -0.05) is 37.3 Å². The number of hydrogen-bond acceptors (Lipinski definition) is 1. The molecule has 1 heterocycles. The lowest BCUT2D eigenvalue weighted by Gasteiger charge is -2.31. The van der Waals surface area contributed by atoms with E-state index in [4.69, 9.17) is 5.73 Å². The Hall–Kier alpha value is -0.780. The molecule has 1 saturated heterocycles. The van der Waals surface area contributed by atoms with Crippen molar-refractivity contribution < 1.29 is 0 Å². The van der Waals surface area contributed by atoms with E-state index in [2.05, 4.69) is 41.1 Å². The number of hydrogen-bond donors (Lipinski definition) is 1. The molecular formula is C15H24IN3. The van der Waals surface area contributed by atoms with Crippen molar-refractivity contribution in [1.29, 1.82) is 0 Å². The largest absolute Gasteiger partial charge is 0.370 e. The second kappa shape index (κ2) is 8.40. The molecule has 19 heavy (non-hydrogen) atoms. The third-order valence-electron chi connectivity index (χ3n) is 3.50. The van der Waals surface area contributed by atoms with Crippen LogP contribution in [0.25, 0.3) is 0 Å². The molecular weight excluding hydrogens is 349 g/mol. The number of halogens is 1. The molecule has 1 aromatic rings. The van der Waals surface area contributed by atoms with Gasteiger partial charge in [0.1, 0.15) is 0 Å². The lowest BCUT2D eigenvalue weighted by Crippen LogP contribution is -2.43. The van der Waals surface area contributed by atoms with Gasteiger partial charge in [-0.3, -0.25) is 4.99 Å². The first kappa shape index (κ1) is 16.3. The third kappa shape index (κ3) is 5.38. The molecule has 1 fully saturated rings. The van der Waals surface area contributed by atoms with Crippen LogP contribution < -0.4 is 5.73 Å². The van der Waals surface area contributed by atoms with Gasteiger partial charge in [-0.15, -0.1) is 24.0 Å². The van der Waals surface area contributed by atoms with Gasteiger partial charge in [0.05, 0.1) is 0 Å². The number of guanidine groups is 1. The molecule has 0 saturated carbocycles. The van der Waals surface area contributed by atoms with E-state index in [9.17, 15) is 0 Å². The highest BCUT2D eigenvalue weighted by molar-refractivity contribution is 14.0. The molecule has 1 unspecified atom stereocenters. The van der Waals surface area contributed by atoms with E-state index < -0.39 is 0 Å². The summed E-state index contributed by atoms with van der Waals surface area (Å²) in [5.74, 6) is 1.46. The molecule has 0 aromatic heterocycles. The molecule has 0 radical (unpaired) electrons. The van der Waals surface area contributed by atoms with Gasteiger partial charge in [0.25, 0.3) is 0 Å². The topological polar surface area (TPSA) is 41.6 Å². The summed E-state index contributed by atoms with van der Waals surface area (Å²) in [5.41, 5.74) is 7.37. The maximum Gasteiger partial charge on any atom is 0.191 e. The number of nitrogens with two attached hydrogens (primary N) is 1. The van der Waals surface area contributed by atoms with Gasteiger partial charge in [-0.05, 0) is 30.7 Å². The van der Waals surface area contributed by atoms with Crippen LogP contribution in [0.2, 0.25) is 0 Å². The molecule has 0 spiro atoms. The van der Waals surface area contributed by atoms with E-state index in [0.29, 0.717) is 0 Å². The predicted molar refractivity (Wildman–Crippen MR) is 92.0 cm³/mol. The van der Waals surface area contributed by atoms with Crippen LogP contribution in [0.5, 0.6) is 0 Å². The van der Waals surface area contributed by atoms with Gasteiger partial charge in [0.2, 0.25) is 0 Å². The molecule has 1 aliphatic heterocycles. The predicted octanol–water partition coefficient (Wildman–Crippen LogP) is 2.89. The fraction of sp³-hybridized carbons (Fsp3) is 0.533. The van der Waals surface area contributed by atoms with E-state index in [1.165, 1.54) is 18.4 Å². The highest BCUT2D eigenvalue weighted by Gasteiger charge is 2.17. The molecule has 2 rings (SSSR count). The number of rotatable bonds is 3. The molecule has 0 amide bonds. The van der Waals surface area contributed by atoms with Crippen molar-refractivity contribution in [3.05, 3.63) is 35.9 Å². The molecule has 0 bridgehead atoms. The van der Waals surface area contributed by atoms with Gasteiger partial charge in [-0.25, -0.2) is 0 Å². The van der Waals surface area contributed by atoms with E-state index in [1.807, 2.05) is 6.07 Å². The second-order valence-corrected chi connectivity index (χ2v) is 5.17. The summed E-state index contributed by atoms with van der Waals surface area (Å²) in [6, 6.07) is 10.4. The molecule has 2 N–H and O–H groups in total. The van der Waals surface area contributed by atoms with E-state index in [0.717, 1.165) is 37.9 Å². The second-order valence-electron chi connectivity index (χ2n) is 5.17. The Labute approximate surface area is 133 Å². The Balaban J connectivity index is 0.00000180. The minimum absolute atomic E-state index is 0. The van der Waals surface area contributed by atoms with Crippen molar-refractivity contribution in [3.8, 4) is 0 Å². The van der Waals surface area contributed by atoms with Gasteiger partial charge >= 0.3 is 0 Å². The van der Waals surface area contributed by atoms with Gasteiger partial charge in [0.15, 0.2) is 5.96 Å². The number of piperidine rings is 1. The van der Waals surface area contributed by atoms with Crippen LogP contribution in [0.4, 0.5) is 0 Å². The van der Waals surface area contributed by atoms with Crippen molar-refractivity contribution in [3.63, 3.8) is 0 Å². The van der Waals surface area contributed by atoms with Crippen molar-refractivity contribution in [2.24, 2.45) is 16.6 Å². The number of nitrogens with zero attached hydrogens (tertiary/aromatic N) is 2. The highest BCUT2D eigenvalue weighted by atomic mass is 127. The minimum atomic E-state index is 0. The monoisotopic (exact) mass is 373 g/mol. The zero-order valence-electron chi connectivity index (χ0n) is 11.6. The van der Waals surface area contributed by atoms with Crippen molar-refractivity contribution in [1.82, 2.24) is 4.90 Å². The summed E-state index contributed by atoms with van der Waals surface area (Å²) in [4.78, 5) is 6.72. The molecule has 1 aliphatic rings. The Kier molecular flexibility index (Phi) is 7.20. The fourth-order valence-electron chi connectivity index (χ4n) is 2.44. The molecule has 3 nitrogen and oxygen atoms in total. The van der Waals surface area contributed by atoms with Crippen LogP contribution in [0.15, 0.2) is 35.3 Å². The standard InChI is InChI=1S/C15H23N3.HI/c1-13-6-5-11-18(12-13)15(16)17-10-9-14-7-3-2-4-8-14;/h2-4,7-8,13H,5-6,9-12H2,1H3,(H2,16,17);1H. The summed E-state index contributed by atoms with van der Waals surface area (Å²) in [7, 11) is 0. The lowest BCUT2D eigenvalue weighted by atomic mass is 10.0. The van der Waals surface area contributed by atoms with Gasteiger partial charge in [0, 0.05) is 19.6 Å². The van der Waals surface area contributed by atoms with Crippen LogP contribution >= 0.6 is 24.0 Å². The molecule has 1 aromatic carbocycles. The summed E-state index contributed by atoms with van der Waals surface area (Å²) >= 11 is 0. The molecule has 1 atom stereocenters. The van der Waals surface area contributed by atoms with Gasteiger partial charge < -0.3 is 10.6 Å². The summed E-state index contributed by atoms with van der Waals surface area (Å²) in [6.45, 7) is 5.18. The number of likely N-dealkylation sites (tertiary alicyclic amines) is 1. The van der Waals surface area contributed by atoms with Gasteiger partial charge in [-0.2, -0.15) is 0 Å². The fourth-order valence-corrected chi connectivity index (χ4v) is 2.44. The Morgan fingerprint density at radius 3 is 2.79 bits per heavy atom. The third-order valence-corrected chi connectivity index (χ3v) is 3.50. The number of aliphatic imine (C=N–C) groups is 1. The number of benzene rings is 1. The zero-order chi connectivity index (χ0) is 12.8. The van der Waals surface area contributed by atoms with E-state index in [1.54, 1.807) is 0 Å². The minimum Gasteiger partial charge on any atom is -0.370 e. The van der Waals surface area contributed by atoms with Crippen LogP contribution in [0, 0.1) is 5.92 Å². The molecule has 106 valence electrons.